The fourth-order valence-electron chi connectivity index (χ4n) is 1.16. The van der Waals surface area contributed by atoms with E-state index < -0.39 is 11.7 Å². The van der Waals surface area contributed by atoms with Crippen LogP contribution in [0.1, 0.15) is 5.56 Å². The lowest BCUT2D eigenvalue weighted by molar-refractivity contribution is -0.0114. The van der Waals surface area contributed by atoms with Crippen LogP contribution >= 0.6 is 0 Å². The van der Waals surface area contributed by atoms with Gasteiger partial charge >= 0.3 is 0 Å². The highest BCUT2D eigenvalue weighted by Gasteiger charge is 2.35. The second kappa shape index (κ2) is 4.05. The molecular formula is C11H11NO2. The highest BCUT2D eigenvalue weighted by atomic mass is 16.3. The number of rotatable bonds is 3. The first kappa shape index (κ1) is 10.5. The van der Waals surface area contributed by atoms with E-state index in [9.17, 15) is 10.2 Å². The minimum absolute atomic E-state index is 0.356. The van der Waals surface area contributed by atoms with Crippen molar-refractivity contribution in [3.05, 3.63) is 48.6 Å². The highest BCUT2D eigenvalue weighted by Crippen LogP contribution is 2.24. The number of nitriles is 1. The van der Waals surface area contributed by atoms with Crippen molar-refractivity contribution >= 4 is 0 Å². The average Bonchev–Trinajstić information content (AvgIpc) is 2.28. The number of nitrogens with zero attached hydrogens (tertiary/aromatic N) is 1. The topological polar surface area (TPSA) is 64.2 Å². The molecule has 0 heterocycles. The van der Waals surface area contributed by atoms with Crippen LogP contribution in [-0.4, -0.2) is 16.3 Å². The molecule has 2 unspecified atom stereocenters. The van der Waals surface area contributed by atoms with Crippen molar-refractivity contribution in [1.82, 2.24) is 0 Å². The quantitative estimate of drug-likeness (QED) is 0.549. The zero-order valence-electron chi connectivity index (χ0n) is 7.59. The Morgan fingerprint density at radius 2 is 2.00 bits per heavy atom. The monoisotopic (exact) mass is 189 g/mol. The summed E-state index contributed by atoms with van der Waals surface area (Å²) in [5.41, 5.74) is -1.56. The van der Waals surface area contributed by atoms with Crippen molar-refractivity contribution in [3.63, 3.8) is 0 Å². The van der Waals surface area contributed by atoms with Crippen molar-refractivity contribution in [2.45, 2.75) is 11.7 Å². The van der Waals surface area contributed by atoms with Crippen LogP contribution in [0.5, 0.6) is 0 Å². The fourth-order valence-corrected chi connectivity index (χ4v) is 1.16. The van der Waals surface area contributed by atoms with Gasteiger partial charge in [-0.15, -0.1) is 6.58 Å². The van der Waals surface area contributed by atoms with E-state index in [0.717, 1.165) is 6.08 Å². The first-order valence-corrected chi connectivity index (χ1v) is 4.15. The Morgan fingerprint density at radius 3 is 2.43 bits per heavy atom. The third kappa shape index (κ3) is 1.67. The zero-order valence-corrected chi connectivity index (χ0v) is 7.59. The molecule has 0 aliphatic carbocycles. The smallest absolute Gasteiger partial charge is 0.206 e. The van der Waals surface area contributed by atoms with Gasteiger partial charge in [0, 0.05) is 5.56 Å². The lowest BCUT2D eigenvalue weighted by atomic mass is 9.90. The minimum Gasteiger partial charge on any atom is -0.384 e. The van der Waals surface area contributed by atoms with E-state index in [1.807, 2.05) is 0 Å². The molecule has 0 aliphatic heterocycles. The molecule has 0 bridgehead atoms. The molecular weight excluding hydrogens is 178 g/mol. The van der Waals surface area contributed by atoms with E-state index in [0.29, 0.717) is 5.56 Å². The van der Waals surface area contributed by atoms with E-state index in [2.05, 4.69) is 6.58 Å². The molecule has 0 aromatic heterocycles. The van der Waals surface area contributed by atoms with Gasteiger partial charge in [0.1, 0.15) is 12.2 Å². The molecule has 0 amide bonds. The van der Waals surface area contributed by atoms with Crippen LogP contribution < -0.4 is 0 Å². The summed E-state index contributed by atoms with van der Waals surface area (Å²) in [6.07, 6.45) is -0.161. The van der Waals surface area contributed by atoms with Gasteiger partial charge in [-0.2, -0.15) is 5.26 Å². The molecule has 0 aliphatic rings. The minimum atomic E-state index is -1.91. The van der Waals surface area contributed by atoms with Gasteiger partial charge in [0.05, 0.1) is 0 Å². The molecule has 1 aromatic carbocycles. The van der Waals surface area contributed by atoms with E-state index in [-0.39, 0.29) is 0 Å². The van der Waals surface area contributed by atoms with Gasteiger partial charge in [-0.05, 0) is 0 Å². The Bertz CT molecular complexity index is 355. The summed E-state index contributed by atoms with van der Waals surface area (Å²) < 4.78 is 0. The summed E-state index contributed by atoms with van der Waals surface area (Å²) in [5.74, 6) is 0. The van der Waals surface area contributed by atoms with Crippen LogP contribution in [0.4, 0.5) is 0 Å². The maximum Gasteiger partial charge on any atom is 0.206 e. The first-order chi connectivity index (χ1) is 6.65. The Kier molecular flexibility index (Phi) is 3.03. The van der Waals surface area contributed by atoms with Gasteiger partial charge < -0.3 is 10.2 Å². The molecule has 3 heteroatoms. The van der Waals surface area contributed by atoms with Gasteiger partial charge in [0.2, 0.25) is 5.60 Å². The average molecular weight is 189 g/mol. The summed E-state index contributed by atoms with van der Waals surface area (Å²) in [7, 11) is 0. The second-order valence-corrected chi connectivity index (χ2v) is 2.92. The van der Waals surface area contributed by atoms with Gasteiger partial charge in [-0.3, -0.25) is 0 Å². The number of aliphatic hydroxyl groups excluding tert-OH is 1. The summed E-state index contributed by atoms with van der Waals surface area (Å²) in [6.45, 7) is 3.34. The molecule has 0 saturated carbocycles. The Morgan fingerprint density at radius 1 is 1.43 bits per heavy atom. The Balaban J connectivity index is 3.16. The number of hydrogen-bond acceptors (Lipinski definition) is 3. The highest BCUT2D eigenvalue weighted by molar-refractivity contribution is 5.31. The first-order valence-electron chi connectivity index (χ1n) is 4.15. The molecule has 1 rings (SSSR count). The molecule has 2 atom stereocenters. The predicted octanol–water partition coefficient (Wildman–Crippen LogP) is 0.945. The van der Waals surface area contributed by atoms with Gasteiger partial charge in [0.25, 0.3) is 0 Å². The standard InChI is InChI=1S/C11H11NO2/c1-2-10(13)11(14,8-12)9-6-4-3-5-7-9/h2-7,10,13-14H,1H2. The van der Waals surface area contributed by atoms with Crippen molar-refractivity contribution in [2.75, 3.05) is 0 Å². The maximum absolute atomic E-state index is 9.88. The summed E-state index contributed by atoms with van der Waals surface area (Å²) in [5, 5.41) is 28.1. The number of hydrogen-bond donors (Lipinski definition) is 2. The van der Waals surface area contributed by atoms with Crippen LogP contribution in [-0.2, 0) is 5.60 Å². The summed E-state index contributed by atoms with van der Waals surface area (Å²) in [4.78, 5) is 0. The zero-order chi connectivity index (χ0) is 10.6. The second-order valence-electron chi connectivity index (χ2n) is 2.92. The van der Waals surface area contributed by atoms with Crippen LogP contribution in [0.3, 0.4) is 0 Å². The normalized spacial score (nSPS) is 16.4. The SMILES string of the molecule is C=CC(O)C(O)(C#N)c1ccccc1. The van der Waals surface area contributed by atoms with Crippen LogP contribution in [0.25, 0.3) is 0 Å². The summed E-state index contributed by atoms with van der Waals surface area (Å²) in [6, 6.07) is 9.98. The van der Waals surface area contributed by atoms with E-state index in [1.54, 1.807) is 36.4 Å². The van der Waals surface area contributed by atoms with Crippen LogP contribution in [0.15, 0.2) is 43.0 Å². The van der Waals surface area contributed by atoms with E-state index in [4.69, 9.17) is 5.26 Å². The number of aliphatic hydroxyl groups is 2. The fraction of sp³-hybridized carbons (Fsp3) is 0.182. The van der Waals surface area contributed by atoms with Crippen LogP contribution in [0.2, 0.25) is 0 Å². The lowest BCUT2D eigenvalue weighted by Crippen LogP contribution is -2.36. The lowest BCUT2D eigenvalue weighted by Gasteiger charge is -2.23. The molecule has 0 fully saturated rings. The van der Waals surface area contributed by atoms with Crippen molar-refractivity contribution in [3.8, 4) is 6.07 Å². The molecule has 2 N–H and O–H groups in total. The maximum atomic E-state index is 9.88. The molecule has 0 saturated heterocycles. The molecule has 1 aromatic rings. The van der Waals surface area contributed by atoms with Crippen molar-refractivity contribution < 1.29 is 10.2 Å². The molecule has 14 heavy (non-hydrogen) atoms. The molecule has 72 valence electrons. The van der Waals surface area contributed by atoms with Gasteiger partial charge in [0.15, 0.2) is 0 Å². The number of benzene rings is 1. The van der Waals surface area contributed by atoms with E-state index in [1.165, 1.54) is 0 Å². The molecule has 0 radical (unpaired) electrons. The predicted molar refractivity (Wildman–Crippen MR) is 52.2 cm³/mol. The third-order valence-corrected chi connectivity index (χ3v) is 2.04. The Hall–Kier alpha value is -1.63. The largest absolute Gasteiger partial charge is 0.384 e. The van der Waals surface area contributed by atoms with Gasteiger partial charge in [-0.25, -0.2) is 0 Å². The summed E-state index contributed by atoms with van der Waals surface area (Å²) >= 11 is 0. The third-order valence-electron chi connectivity index (χ3n) is 2.04. The van der Waals surface area contributed by atoms with Gasteiger partial charge in [-0.1, -0.05) is 36.4 Å². The van der Waals surface area contributed by atoms with Crippen molar-refractivity contribution in [1.29, 1.82) is 5.26 Å². The van der Waals surface area contributed by atoms with Crippen LogP contribution in [0, 0.1) is 11.3 Å². The molecule has 0 spiro atoms. The van der Waals surface area contributed by atoms with Crippen molar-refractivity contribution in [2.24, 2.45) is 0 Å². The molecule has 3 nitrogen and oxygen atoms in total. The Labute approximate surface area is 82.5 Å². The van der Waals surface area contributed by atoms with E-state index >= 15 is 0 Å².